The number of Topliss-reactive ketones (excluding diaryl/α,β-unsaturated/α-hetero) is 1. The number of piperidine rings is 1. The molecule has 156 valence electrons. The highest BCUT2D eigenvalue weighted by atomic mass is 16.5. The van der Waals surface area contributed by atoms with Crippen LogP contribution in [0.2, 0.25) is 0 Å². The molecule has 0 radical (unpaired) electrons. The topological polar surface area (TPSA) is 149 Å². The first-order chi connectivity index (χ1) is 12.9. The zero-order chi connectivity index (χ0) is 21.6. The van der Waals surface area contributed by atoms with Crippen LogP contribution in [0, 0.1) is 5.41 Å². The number of quaternary nitrogens is 1. The Hall–Kier alpha value is -2.49. The van der Waals surface area contributed by atoms with Crippen molar-refractivity contribution < 1.29 is 44.4 Å². The molecule has 0 spiro atoms. The number of nitrogens with one attached hydrogen (secondary N) is 1. The van der Waals surface area contributed by atoms with Crippen LogP contribution in [0.15, 0.2) is 24.3 Å². The lowest BCUT2D eigenvalue weighted by molar-refractivity contribution is -0.921. The average Bonchev–Trinajstić information content (AvgIpc) is 2.64. The molecule has 4 N–H and O–H groups in total. The van der Waals surface area contributed by atoms with Gasteiger partial charge in [-0.15, -0.1) is 0 Å². The Balaban J connectivity index is 0.000000336. The fourth-order valence-electron chi connectivity index (χ4n) is 3.34. The molecule has 9 nitrogen and oxygen atoms in total. The van der Waals surface area contributed by atoms with Crippen molar-refractivity contribution in [2.75, 3.05) is 20.7 Å². The maximum atomic E-state index is 12.2. The summed E-state index contributed by atoms with van der Waals surface area (Å²) in [6.07, 6.45) is -4.03. The summed E-state index contributed by atoms with van der Waals surface area (Å²) in [4.78, 5) is 33.0. The Bertz CT molecular complexity index is 700. The maximum Gasteiger partial charge on any atom is 0.335 e. The molecule has 9 heteroatoms. The second kappa shape index (κ2) is 9.63. The number of likely N-dealkylation sites (tertiary alicyclic amines) is 1. The van der Waals surface area contributed by atoms with E-state index in [0.29, 0.717) is 12.2 Å². The van der Waals surface area contributed by atoms with Crippen LogP contribution in [-0.4, -0.2) is 66.0 Å². The van der Waals surface area contributed by atoms with Crippen LogP contribution >= 0.6 is 0 Å². The number of benzene rings is 1. The zero-order valence-corrected chi connectivity index (χ0v) is 16.3. The van der Waals surface area contributed by atoms with E-state index in [2.05, 4.69) is 33.0 Å². The van der Waals surface area contributed by atoms with E-state index in [1.54, 1.807) is 7.11 Å². The quantitative estimate of drug-likeness (QED) is 0.437. The number of carbonyl (C=O) groups is 3. The highest BCUT2D eigenvalue weighted by Gasteiger charge is 2.46. The van der Waals surface area contributed by atoms with Crippen molar-refractivity contribution in [1.29, 1.82) is 0 Å². The van der Waals surface area contributed by atoms with Gasteiger partial charge >= 0.3 is 5.97 Å². The van der Waals surface area contributed by atoms with Gasteiger partial charge in [-0.3, -0.25) is 4.79 Å². The molecule has 2 rings (SSSR count). The van der Waals surface area contributed by atoms with E-state index in [-0.39, 0.29) is 11.5 Å². The molecule has 1 saturated heterocycles. The van der Waals surface area contributed by atoms with Crippen LogP contribution in [0.1, 0.15) is 31.9 Å². The summed E-state index contributed by atoms with van der Waals surface area (Å²) in [5.74, 6) is -2.61. The van der Waals surface area contributed by atoms with Crippen LogP contribution in [0.4, 0.5) is 0 Å². The van der Waals surface area contributed by atoms with E-state index in [0.717, 1.165) is 12.3 Å². The SMILES string of the molecule is COc1cccc(C2[NH+](C)CCC(=O)C2(C)C)c1.O=C([O-])C(O)C(O)C(=O)O. The first-order valence-electron chi connectivity index (χ1n) is 8.72. The van der Waals surface area contributed by atoms with Gasteiger partial charge in [-0.1, -0.05) is 12.1 Å². The van der Waals surface area contributed by atoms with E-state index < -0.39 is 24.1 Å². The second-order valence-electron chi connectivity index (χ2n) is 7.25. The third kappa shape index (κ3) is 5.51. The van der Waals surface area contributed by atoms with Crippen molar-refractivity contribution >= 4 is 17.7 Å². The minimum atomic E-state index is -2.38. The Morgan fingerprint density at radius 2 is 1.89 bits per heavy atom. The van der Waals surface area contributed by atoms with E-state index >= 15 is 0 Å². The molecule has 28 heavy (non-hydrogen) atoms. The largest absolute Gasteiger partial charge is 0.547 e. The normalized spacial score (nSPS) is 23.0. The summed E-state index contributed by atoms with van der Waals surface area (Å²) >= 11 is 0. The molecule has 1 aromatic carbocycles. The number of carbonyl (C=O) groups excluding carboxylic acids is 2. The molecule has 4 unspecified atom stereocenters. The van der Waals surface area contributed by atoms with Crippen molar-refractivity contribution in [2.45, 2.75) is 38.5 Å². The fraction of sp³-hybridized carbons (Fsp3) is 0.526. The number of aliphatic carboxylic acids is 2. The number of ether oxygens (including phenoxy) is 1. The van der Waals surface area contributed by atoms with Crippen molar-refractivity contribution in [2.24, 2.45) is 5.41 Å². The van der Waals surface area contributed by atoms with Crippen molar-refractivity contribution in [3.63, 3.8) is 0 Å². The number of aliphatic hydroxyl groups is 2. The van der Waals surface area contributed by atoms with Gasteiger partial charge in [0.25, 0.3) is 0 Å². The highest BCUT2D eigenvalue weighted by Crippen LogP contribution is 2.35. The molecule has 0 saturated carbocycles. The molecule has 1 fully saturated rings. The molecular weight excluding hydrogens is 370 g/mol. The van der Waals surface area contributed by atoms with Crippen LogP contribution in [0.3, 0.4) is 0 Å². The smallest absolute Gasteiger partial charge is 0.335 e. The first-order valence-corrected chi connectivity index (χ1v) is 8.72. The highest BCUT2D eigenvalue weighted by molar-refractivity contribution is 5.85. The van der Waals surface area contributed by atoms with Gasteiger partial charge in [0.15, 0.2) is 6.10 Å². The van der Waals surface area contributed by atoms with Gasteiger partial charge in [0.05, 0.1) is 38.5 Å². The van der Waals surface area contributed by atoms with Crippen LogP contribution in [-0.2, 0) is 14.4 Å². The molecule has 1 aromatic rings. The summed E-state index contributed by atoms with van der Waals surface area (Å²) < 4.78 is 5.28. The molecule has 0 aliphatic carbocycles. The van der Waals surface area contributed by atoms with E-state index in [4.69, 9.17) is 20.1 Å². The minimum absolute atomic E-state index is 0.203. The van der Waals surface area contributed by atoms with Gasteiger partial charge in [0.1, 0.15) is 23.7 Å². The monoisotopic (exact) mass is 397 g/mol. The Kier molecular flexibility index (Phi) is 8.10. The van der Waals surface area contributed by atoms with Gasteiger partial charge in [-0.2, -0.15) is 0 Å². The van der Waals surface area contributed by atoms with Crippen molar-refractivity contribution in [3.05, 3.63) is 29.8 Å². The number of ketones is 1. The van der Waals surface area contributed by atoms with Gasteiger partial charge < -0.3 is 34.9 Å². The zero-order valence-electron chi connectivity index (χ0n) is 16.3. The molecule has 0 bridgehead atoms. The van der Waals surface area contributed by atoms with E-state index in [9.17, 15) is 19.5 Å². The average molecular weight is 397 g/mol. The van der Waals surface area contributed by atoms with Gasteiger partial charge in [-0.05, 0) is 26.0 Å². The van der Waals surface area contributed by atoms with Gasteiger partial charge in [0.2, 0.25) is 0 Å². The molecular formula is C19H27NO8. The molecule has 0 amide bonds. The van der Waals surface area contributed by atoms with Crippen molar-refractivity contribution in [1.82, 2.24) is 0 Å². The Morgan fingerprint density at radius 1 is 1.29 bits per heavy atom. The fourth-order valence-corrected chi connectivity index (χ4v) is 3.34. The lowest BCUT2D eigenvalue weighted by Gasteiger charge is -2.40. The third-order valence-electron chi connectivity index (χ3n) is 4.90. The predicted octanol–water partition coefficient (Wildman–Crippen LogP) is -2.21. The van der Waals surface area contributed by atoms with Crippen LogP contribution in [0.5, 0.6) is 5.75 Å². The number of hydrogen-bond acceptors (Lipinski definition) is 7. The summed E-state index contributed by atoms with van der Waals surface area (Å²) in [5.41, 5.74) is 0.874. The number of carboxylic acids is 2. The van der Waals surface area contributed by atoms with Gasteiger partial charge in [-0.25, -0.2) is 4.79 Å². The number of methoxy groups -OCH3 is 1. The molecule has 1 aliphatic heterocycles. The van der Waals surface area contributed by atoms with Crippen LogP contribution < -0.4 is 14.7 Å². The second-order valence-corrected chi connectivity index (χ2v) is 7.25. The Labute approximate surface area is 163 Å². The summed E-state index contributed by atoms with van der Waals surface area (Å²) in [6.45, 7) is 5.02. The molecule has 4 atom stereocenters. The molecule has 1 aliphatic rings. The van der Waals surface area contributed by atoms with Crippen molar-refractivity contribution in [3.8, 4) is 5.75 Å². The number of carboxylic acid groups (broad SMARTS) is 2. The number of aliphatic hydroxyl groups excluding tert-OH is 2. The standard InChI is InChI=1S/C15H21NO2.C4H6O6/c1-15(2)13(17)8-9-16(3)14(15)11-6-5-7-12(10-11)18-4;5-1(3(7)8)2(6)4(9)10/h5-7,10,14H,8-9H2,1-4H3;1-2,5-6H,(H,7,8)(H,9,10). The van der Waals surface area contributed by atoms with Crippen LogP contribution in [0.25, 0.3) is 0 Å². The number of rotatable bonds is 5. The summed E-state index contributed by atoms with van der Waals surface area (Å²) in [6, 6.07) is 8.28. The summed E-state index contributed by atoms with van der Waals surface area (Å²) in [7, 11) is 3.84. The minimum Gasteiger partial charge on any atom is -0.547 e. The van der Waals surface area contributed by atoms with Gasteiger partial charge in [0, 0.05) is 5.56 Å². The maximum absolute atomic E-state index is 12.2. The lowest BCUT2D eigenvalue weighted by Crippen LogP contribution is -3.12. The molecule has 1 heterocycles. The summed E-state index contributed by atoms with van der Waals surface area (Å²) in [5, 5.41) is 34.1. The predicted molar refractivity (Wildman–Crippen MR) is 95.6 cm³/mol. The molecule has 0 aromatic heterocycles. The van der Waals surface area contributed by atoms with E-state index in [1.165, 1.54) is 10.5 Å². The Morgan fingerprint density at radius 3 is 2.36 bits per heavy atom. The van der Waals surface area contributed by atoms with E-state index in [1.807, 2.05) is 12.1 Å². The third-order valence-corrected chi connectivity index (χ3v) is 4.90. The lowest BCUT2D eigenvalue weighted by atomic mass is 9.72. The first kappa shape index (κ1) is 23.5. The number of hydrogen-bond donors (Lipinski definition) is 4.